The number of aromatic nitrogens is 1. The molecule has 10 heteroatoms. The summed E-state index contributed by atoms with van der Waals surface area (Å²) in [4.78, 5) is 16.2. The Bertz CT molecular complexity index is 888. The zero-order chi connectivity index (χ0) is 23.8. The maximum Gasteiger partial charge on any atom is 0.380 e. The van der Waals surface area contributed by atoms with Gasteiger partial charge in [-0.3, -0.25) is 4.79 Å². The minimum atomic E-state index is -4.01. The van der Waals surface area contributed by atoms with Gasteiger partial charge in [-0.1, -0.05) is 68.8 Å². The molecule has 0 spiro atoms. The number of rotatable bonds is 18. The van der Waals surface area contributed by atoms with Crippen LogP contribution in [0.1, 0.15) is 69.8 Å². The van der Waals surface area contributed by atoms with Crippen molar-refractivity contribution in [2.24, 2.45) is 5.14 Å². The van der Waals surface area contributed by atoms with Crippen molar-refractivity contribution >= 4 is 39.3 Å². The second-order valence-electron chi connectivity index (χ2n) is 7.90. The van der Waals surface area contributed by atoms with Crippen LogP contribution in [0.5, 0.6) is 5.75 Å². The number of hydrogen-bond acceptors (Lipinski definition) is 7. The molecule has 7 nitrogen and oxygen atoms in total. The second kappa shape index (κ2) is 16.1. The summed E-state index contributed by atoms with van der Waals surface area (Å²) in [6.45, 7) is 0.552. The van der Waals surface area contributed by atoms with Crippen LogP contribution in [0.4, 0.5) is 0 Å². The summed E-state index contributed by atoms with van der Waals surface area (Å²) in [6.07, 6.45) is 14.0. The van der Waals surface area contributed by atoms with E-state index < -0.39 is 10.3 Å². The van der Waals surface area contributed by atoms with Crippen LogP contribution in [0.25, 0.3) is 0 Å². The standard InChI is InChI=1S/C23H35N3O4S3/c24-33(28,29)30-21-13-11-20(12-14-21)15-16-25-22(27)10-8-6-4-2-1-3-5-7-9-18-31-23-26-17-19-32-23/h11-14,17,19H,1-10,15-16,18H2,(H,25,27)(H2,24,28,29). The molecule has 1 heterocycles. The molecule has 0 unspecified atom stereocenters. The number of hydrogen-bond donors (Lipinski definition) is 2. The molecular weight excluding hydrogens is 478 g/mol. The van der Waals surface area contributed by atoms with Gasteiger partial charge in [-0.25, -0.2) is 4.98 Å². The van der Waals surface area contributed by atoms with E-state index in [0.717, 1.165) is 24.2 Å². The zero-order valence-electron chi connectivity index (χ0n) is 19.0. The number of unbranched alkanes of at least 4 members (excludes halogenated alkanes) is 8. The van der Waals surface area contributed by atoms with Crippen molar-refractivity contribution in [3.63, 3.8) is 0 Å². The van der Waals surface area contributed by atoms with E-state index in [4.69, 9.17) is 5.14 Å². The van der Waals surface area contributed by atoms with Crippen LogP contribution in [-0.2, 0) is 21.5 Å². The molecule has 0 atom stereocenters. The van der Waals surface area contributed by atoms with Crippen molar-refractivity contribution in [3.8, 4) is 5.75 Å². The monoisotopic (exact) mass is 513 g/mol. The number of thioether (sulfide) groups is 1. The normalized spacial score (nSPS) is 11.4. The Balaban J connectivity index is 1.37. The first kappa shape index (κ1) is 27.6. The third-order valence-electron chi connectivity index (χ3n) is 5.05. The average molecular weight is 514 g/mol. The molecule has 0 aliphatic carbocycles. The van der Waals surface area contributed by atoms with Gasteiger partial charge in [0.15, 0.2) is 0 Å². The smallest absolute Gasteiger partial charge is 0.371 e. The highest BCUT2D eigenvalue weighted by molar-refractivity contribution is 8.00. The average Bonchev–Trinajstić information content (AvgIpc) is 3.28. The van der Waals surface area contributed by atoms with E-state index in [1.54, 1.807) is 35.6 Å². The van der Waals surface area contributed by atoms with Gasteiger partial charge < -0.3 is 9.50 Å². The largest absolute Gasteiger partial charge is 0.380 e. The summed E-state index contributed by atoms with van der Waals surface area (Å²) < 4.78 is 27.5. The maximum absolute atomic E-state index is 12.0. The number of benzene rings is 1. The number of thiazole rings is 1. The fourth-order valence-electron chi connectivity index (χ4n) is 3.35. The van der Waals surface area contributed by atoms with Crippen molar-refractivity contribution in [2.75, 3.05) is 12.3 Å². The molecule has 0 bridgehead atoms. The molecule has 2 rings (SSSR count). The van der Waals surface area contributed by atoms with Crippen molar-refractivity contribution in [1.29, 1.82) is 0 Å². The molecule has 33 heavy (non-hydrogen) atoms. The summed E-state index contributed by atoms with van der Waals surface area (Å²) in [6, 6.07) is 6.61. The Kier molecular flexibility index (Phi) is 13.5. The van der Waals surface area contributed by atoms with Gasteiger partial charge in [-0.15, -0.1) is 11.3 Å². The van der Waals surface area contributed by atoms with Crippen LogP contribution in [0.2, 0.25) is 0 Å². The highest BCUT2D eigenvalue weighted by Crippen LogP contribution is 2.22. The van der Waals surface area contributed by atoms with Gasteiger partial charge in [0.2, 0.25) is 5.91 Å². The molecule has 1 aromatic carbocycles. The Hall–Kier alpha value is -1.62. The molecule has 0 fully saturated rings. The first-order valence-electron chi connectivity index (χ1n) is 11.5. The number of nitrogens with zero attached hydrogens (tertiary/aromatic N) is 1. The van der Waals surface area contributed by atoms with Crippen molar-refractivity contribution < 1.29 is 17.4 Å². The van der Waals surface area contributed by atoms with E-state index in [-0.39, 0.29) is 11.7 Å². The first-order valence-corrected chi connectivity index (χ1v) is 14.9. The molecular formula is C23H35N3O4S3. The minimum absolute atomic E-state index is 0.0831. The highest BCUT2D eigenvalue weighted by atomic mass is 32.2. The summed E-state index contributed by atoms with van der Waals surface area (Å²) >= 11 is 3.58. The summed E-state index contributed by atoms with van der Waals surface area (Å²) in [5.74, 6) is 1.42. The third kappa shape index (κ3) is 14.3. The number of amides is 1. The van der Waals surface area contributed by atoms with Crippen LogP contribution in [0.3, 0.4) is 0 Å². The van der Waals surface area contributed by atoms with Crippen LogP contribution < -0.4 is 14.6 Å². The summed E-state index contributed by atoms with van der Waals surface area (Å²) in [5.41, 5.74) is 0.982. The van der Waals surface area contributed by atoms with Gasteiger partial charge in [0, 0.05) is 30.3 Å². The van der Waals surface area contributed by atoms with Crippen molar-refractivity contribution in [2.45, 2.75) is 75.0 Å². The van der Waals surface area contributed by atoms with Crippen molar-refractivity contribution in [1.82, 2.24) is 10.3 Å². The lowest BCUT2D eigenvalue weighted by Gasteiger charge is -2.07. The molecule has 3 N–H and O–H groups in total. The molecule has 0 saturated heterocycles. The molecule has 184 valence electrons. The Morgan fingerprint density at radius 2 is 1.64 bits per heavy atom. The van der Waals surface area contributed by atoms with Crippen LogP contribution in [0.15, 0.2) is 40.2 Å². The van der Waals surface area contributed by atoms with E-state index in [2.05, 4.69) is 14.5 Å². The molecule has 1 aromatic heterocycles. The maximum atomic E-state index is 12.0. The molecule has 0 aliphatic rings. The Morgan fingerprint density at radius 3 is 2.24 bits per heavy atom. The fraction of sp³-hybridized carbons (Fsp3) is 0.565. The van der Waals surface area contributed by atoms with E-state index in [0.29, 0.717) is 19.4 Å². The SMILES string of the molecule is NS(=O)(=O)Oc1ccc(CCNC(=O)CCCCCCCCCCCSc2nccs2)cc1. The lowest BCUT2D eigenvalue weighted by Crippen LogP contribution is -2.25. The number of carbonyl (C=O) groups is 1. The predicted molar refractivity (Wildman–Crippen MR) is 136 cm³/mol. The van der Waals surface area contributed by atoms with Gasteiger partial charge >= 0.3 is 10.3 Å². The van der Waals surface area contributed by atoms with E-state index in [9.17, 15) is 13.2 Å². The van der Waals surface area contributed by atoms with Gasteiger partial charge in [0.05, 0.1) is 0 Å². The quantitative estimate of drug-likeness (QED) is 0.212. The highest BCUT2D eigenvalue weighted by Gasteiger charge is 2.05. The molecule has 1 amide bonds. The van der Waals surface area contributed by atoms with E-state index >= 15 is 0 Å². The fourth-order valence-corrected chi connectivity index (χ4v) is 5.43. The first-order chi connectivity index (χ1) is 15.9. The lowest BCUT2D eigenvalue weighted by molar-refractivity contribution is -0.121. The second-order valence-corrected chi connectivity index (χ2v) is 11.3. The number of nitrogens with two attached hydrogens (primary N) is 1. The Labute approximate surface area is 206 Å². The van der Waals surface area contributed by atoms with Crippen LogP contribution in [0, 0.1) is 0 Å². The van der Waals surface area contributed by atoms with Gasteiger partial charge in [-0.2, -0.15) is 13.6 Å². The topological polar surface area (TPSA) is 111 Å². The predicted octanol–water partition coefficient (Wildman–Crippen LogP) is 5.08. The molecule has 0 saturated carbocycles. The molecule has 0 radical (unpaired) electrons. The zero-order valence-corrected chi connectivity index (χ0v) is 21.5. The van der Waals surface area contributed by atoms with Crippen LogP contribution in [-0.4, -0.2) is 31.6 Å². The molecule has 2 aromatic rings. The summed E-state index contributed by atoms with van der Waals surface area (Å²) in [7, 11) is -4.01. The lowest BCUT2D eigenvalue weighted by atomic mass is 10.1. The van der Waals surface area contributed by atoms with Gasteiger partial charge in [0.25, 0.3) is 0 Å². The van der Waals surface area contributed by atoms with Crippen molar-refractivity contribution in [3.05, 3.63) is 41.4 Å². The molecule has 0 aliphatic heterocycles. The number of carbonyl (C=O) groups excluding carboxylic acids is 1. The van der Waals surface area contributed by atoms with E-state index in [1.165, 1.54) is 49.3 Å². The van der Waals surface area contributed by atoms with E-state index in [1.807, 2.05) is 23.3 Å². The van der Waals surface area contributed by atoms with Crippen LogP contribution >= 0.6 is 23.1 Å². The third-order valence-corrected chi connectivity index (χ3v) is 7.53. The van der Waals surface area contributed by atoms with Gasteiger partial charge in [-0.05, 0) is 37.0 Å². The summed E-state index contributed by atoms with van der Waals surface area (Å²) in [5, 5.41) is 9.79. The van der Waals surface area contributed by atoms with Gasteiger partial charge in [0.1, 0.15) is 10.1 Å². The number of nitrogens with one attached hydrogen (secondary N) is 1. The Morgan fingerprint density at radius 1 is 1.00 bits per heavy atom. The minimum Gasteiger partial charge on any atom is -0.371 e.